The molecule has 0 amide bonds. The van der Waals surface area contributed by atoms with E-state index >= 15 is 0 Å². The molecule has 0 heterocycles. The fourth-order valence-electron chi connectivity index (χ4n) is 1.95. The minimum atomic E-state index is 0.0987. The third-order valence-electron chi connectivity index (χ3n) is 3.47. The minimum absolute atomic E-state index is 0.0987. The van der Waals surface area contributed by atoms with Crippen LogP contribution in [0.5, 0.6) is 0 Å². The number of nitrogens with one attached hydrogen (secondary N) is 1. The van der Waals surface area contributed by atoms with Gasteiger partial charge in [0.05, 0.1) is 12.0 Å². The van der Waals surface area contributed by atoms with Gasteiger partial charge in [0, 0.05) is 18.5 Å². The largest absolute Gasteiger partial charge is 0.315 e. The standard InChI is InChI=1S/C16H24N2/c1-5-14(10-17)11-18-12-16(3,4)15-8-6-13(2)7-9-15/h6-9,14,18H,5,11-12H2,1-4H3. The molecule has 0 aromatic heterocycles. The summed E-state index contributed by atoms with van der Waals surface area (Å²) < 4.78 is 0. The lowest BCUT2D eigenvalue weighted by atomic mass is 9.84. The van der Waals surface area contributed by atoms with Gasteiger partial charge in [-0.05, 0) is 18.9 Å². The van der Waals surface area contributed by atoms with Crippen LogP contribution in [0.25, 0.3) is 0 Å². The average molecular weight is 244 g/mol. The van der Waals surface area contributed by atoms with Crippen molar-refractivity contribution in [1.29, 1.82) is 5.26 Å². The van der Waals surface area contributed by atoms with Crippen LogP contribution in [0.15, 0.2) is 24.3 Å². The molecular weight excluding hydrogens is 220 g/mol. The zero-order chi connectivity index (χ0) is 13.6. The van der Waals surface area contributed by atoms with Crippen LogP contribution in [-0.4, -0.2) is 13.1 Å². The van der Waals surface area contributed by atoms with E-state index < -0.39 is 0 Å². The third kappa shape index (κ3) is 4.16. The highest BCUT2D eigenvalue weighted by atomic mass is 14.9. The Morgan fingerprint density at radius 2 is 1.89 bits per heavy atom. The Labute approximate surface area is 111 Å². The maximum atomic E-state index is 8.91. The van der Waals surface area contributed by atoms with Gasteiger partial charge in [0.2, 0.25) is 0 Å². The predicted molar refractivity (Wildman–Crippen MR) is 76.5 cm³/mol. The van der Waals surface area contributed by atoms with Gasteiger partial charge in [0.25, 0.3) is 0 Å². The fourth-order valence-corrected chi connectivity index (χ4v) is 1.95. The topological polar surface area (TPSA) is 35.8 Å². The van der Waals surface area contributed by atoms with Crippen LogP contribution in [0.1, 0.15) is 38.3 Å². The van der Waals surface area contributed by atoms with Gasteiger partial charge in [-0.15, -0.1) is 0 Å². The number of hydrogen-bond acceptors (Lipinski definition) is 2. The first-order valence-corrected chi connectivity index (χ1v) is 6.67. The highest BCUT2D eigenvalue weighted by molar-refractivity contribution is 5.27. The second kappa shape index (κ2) is 6.56. The molecular formula is C16H24N2. The molecule has 0 aliphatic heterocycles. The van der Waals surface area contributed by atoms with Crippen LogP contribution in [0, 0.1) is 24.2 Å². The summed E-state index contributed by atoms with van der Waals surface area (Å²) in [5.41, 5.74) is 2.73. The van der Waals surface area contributed by atoms with Crippen molar-refractivity contribution in [2.24, 2.45) is 5.92 Å². The second-order valence-electron chi connectivity index (χ2n) is 5.62. The molecule has 2 nitrogen and oxygen atoms in total. The van der Waals surface area contributed by atoms with Crippen LogP contribution in [0.3, 0.4) is 0 Å². The molecule has 1 atom stereocenters. The van der Waals surface area contributed by atoms with E-state index in [0.717, 1.165) is 19.5 Å². The van der Waals surface area contributed by atoms with Gasteiger partial charge in [0.1, 0.15) is 0 Å². The quantitative estimate of drug-likeness (QED) is 0.832. The van der Waals surface area contributed by atoms with Gasteiger partial charge in [-0.2, -0.15) is 5.26 Å². The Morgan fingerprint density at radius 1 is 1.28 bits per heavy atom. The van der Waals surface area contributed by atoms with Crippen LogP contribution in [0.2, 0.25) is 0 Å². The van der Waals surface area contributed by atoms with E-state index in [4.69, 9.17) is 5.26 Å². The molecule has 1 N–H and O–H groups in total. The van der Waals surface area contributed by atoms with E-state index in [1.165, 1.54) is 11.1 Å². The maximum absolute atomic E-state index is 8.91. The smallest absolute Gasteiger partial charge is 0.0669 e. The first-order chi connectivity index (χ1) is 8.49. The zero-order valence-electron chi connectivity index (χ0n) is 12.0. The monoisotopic (exact) mass is 244 g/mol. The Kier molecular flexibility index (Phi) is 5.37. The van der Waals surface area contributed by atoms with Crippen molar-refractivity contribution in [1.82, 2.24) is 5.32 Å². The number of nitriles is 1. The summed E-state index contributed by atoms with van der Waals surface area (Å²) in [4.78, 5) is 0. The molecule has 0 saturated carbocycles. The summed E-state index contributed by atoms with van der Waals surface area (Å²) in [5.74, 6) is 0.124. The summed E-state index contributed by atoms with van der Waals surface area (Å²) >= 11 is 0. The highest BCUT2D eigenvalue weighted by Crippen LogP contribution is 2.22. The van der Waals surface area contributed by atoms with Crippen molar-refractivity contribution in [3.8, 4) is 6.07 Å². The van der Waals surface area contributed by atoms with Crippen molar-refractivity contribution < 1.29 is 0 Å². The van der Waals surface area contributed by atoms with Crippen molar-refractivity contribution in [3.05, 3.63) is 35.4 Å². The van der Waals surface area contributed by atoms with Crippen LogP contribution in [-0.2, 0) is 5.41 Å². The van der Waals surface area contributed by atoms with E-state index in [1.807, 2.05) is 0 Å². The van der Waals surface area contributed by atoms with E-state index in [0.29, 0.717) is 0 Å². The molecule has 98 valence electrons. The summed E-state index contributed by atoms with van der Waals surface area (Å²) in [5, 5.41) is 12.3. The molecule has 0 saturated heterocycles. The predicted octanol–water partition coefficient (Wildman–Crippen LogP) is 3.41. The SMILES string of the molecule is CCC(C#N)CNCC(C)(C)c1ccc(C)cc1. The first-order valence-electron chi connectivity index (χ1n) is 6.67. The van der Waals surface area contributed by atoms with E-state index in [1.54, 1.807) is 0 Å². The van der Waals surface area contributed by atoms with Gasteiger partial charge in [-0.1, -0.05) is 50.6 Å². The van der Waals surface area contributed by atoms with Gasteiger partial charge in [-0.25, -0.2) is 0 Å². The Hall–Kier alpha value is -1.33. The minimum Gasteiger partial charge on any atom is -0.315 e. The second-order valence-corrected chi connectivity index (χ2v) is 5.62. The number of aryl methyl sites for hydroxylation is 1. The average Bonchev–Trinajstić information content (AvgIpc) is 2.35. The van der Waals surface area contributed by atoms with Crippen LogP contribution >= 0.6 is 0 Å². The molecule has 0 aliphatic rings. The van der Waals surface area contributed by atoms with Gasteiger partial charge in [-0.3, -0.25) is 0 Å². The lowest BCUT2D eigenvalue weighted by Crippen LogP contribution is -2.35. The molecule has 0 fully saturated rings. The van der Waals surface area contributed by atoms with Crippen molar-refractivity contribution in [2.45, 2.75) is 39.5 Å². The van der Waals surface area contributed by atoms with Crippen LogP contribution in [0.4, 0.5) is 0 Å². The summed E-state index contributed by atoms with van der Waals surface area (Å²) in [7, 11) is 0. The summed E-state index contributed by atoms with van der Waals surface area (Å²) in [6.07, 6.45) is 0.911. The Morgan fingerprint density at radius 3 is 2.39 bits per heavy atom. The maximum Gasteiger partial charge on any atom is 0.0669 e. The molecule has 18 heavy (non-hydrogen) atoms. The van der Waals surface area contributed by atoms with Gasteiger partial charge >= 0.3 is 0 Å². The zero-order valence-corrected chi connectivity index (χ0v) is 12.0. The number of hydrogen-bond donors (Lipinski definition) is 1. The molecule has 1 aromatic carbocycles. The highest BCUT2D eigenvalue weighted by Gasteiger charge is 2.20. The molecule has 0 bridgehead atoms. The molecule has 2 heteroatoms. The lowest BCUT2D eigenvalue weighted by Gasteiger charge is -2.26. The molecule has 0 aliphatic carbocycles. The van der Waals surface area contributed by atoms with Crippen molar-refractivity contribution >= 4 is 0 Å². The van der Waals surface area contributed by atoms with Gasteiger partial charge < -0.3 is 5.32 Å². The molecule has 0 spiro atoms. The summed E-state index contributed by atoms with van der Waals surface area (Å²) in [6.45, 7) is 10.3. The normalized spacial score (nSPS) is 13.1. The Bertz CT molecular complexity index is 398. The number of benzene rings is 1. The van der Waals surface area contributed by atoms with E-state index in [-0.39, 0.29) is 11.3 Å². The van der Waals surface area contributed by atoms with Crippen LogP contribution < -0.4 is 5.32 Å². The molecule has 1 rings (SSSR count). The Balaban J connectivity index is 2.54. The van der Waals surface area contributed by atoms with Crippen molar-refractivity contribution in [3.63, 3.8) is 0 Å². The summed E-state index contributed by atoms with van der Waals surface area (Å²) in [6, 6.07) is 11.0. The first kappa shape index (κ1) is 14.7. The van der Waals surface area contributed by atoms with E-state index in [2.05, 4.69) is 63.3 Å². The van der Waals surface area contributed by atoms with Gasteiger partial charge in [0.15, 0.2) is 0 Å². The number of nitrogens with zero attached hydrogens (tertiary/aromatic N) is 1. The molecule has 0 radical (unpaired) electrons. The van der Waals surface area contributed by atoms with E-state index in [9.17, 15) is 0 Å². The molecule has 1 unspecified atom stereocenters. The number of rotatable bonds is 6. The third-order valence-corrected chi connectivity index (χ3v) is 3.47. The lowest BCUT2D eigenvalue weighted by molar-refractivity contribution is 0.445. The van der Waals surface area contributed by atoms with Crippen molar-refractivity contribution in [2.75, 3.05) is 13.1 Å². The fraction of sp³-hybridized carbons (Fsp3) is 0.562. The molecule has 1 aromatic rings.